The Hall–Kier alpha value is -4.19. The Morgan fingerprint density at radius 1 is 0.313 bits per heavy atom. The van der Waals surface area contributed by atoms with E-state index < -0.39 is 6.10 Å². The Morgan fingerprint density at radius 2 is 0.597 bits per heavy atom. The van der Waals surface area contributed by atoms with Gasteiger partial charge in [0, 0.05) is 19.3 Å². The van der Waals surface area contributed by atoms with E-state index in [0.717, 1.165) is 116 Å². The molecule has 378 valence electrons. The first kappa shape index (κ1) is 62.8. The van der Waals surface area contributed by atoms with Crippen LogP contribution in [-0.4, -0.2) is 37.2 Å². The summed E-state index contributed by atoms with van der Waals surface area (Å²) in [5.74, 6) is -1.01. The molecule has 0 aromatic carbocycles. The summed E-state index contributed by atoms with van der Waals surface area (Å²) in [5, 5.41) is 0. The van der Waals surface area contributed by atoms with E-state index in [1.54, 1.807) is 0 Å². The number of allylic oxidation sites excluding steroid dienone is 20. The maximum atomic E-state index is 12.8. The lowest BCUT2D eigenvalue weighted by Gasteiger charge is -2.18. The zero-order valence-corrected chi connectivity index (χ0v) is 43.1. The number of ether oxygens (including phenoxy) is 3. The fourth-order valence-electron chi connectivity index (χ4n) is 6.93. The number of esters is 3. The molecule has 0 fully saturated rings. The molecule has 6 nitrogen and oxygen atoms in total. The third-order valence-electron chi connectivity index (χ3n) is 10.9. The highest BCUT2D eigenvalue weighted by atomic mass is 16.6. The highest BCUT2D eigenvalue weighted by molar-refractivity contribution is 5.71. The molecule has 67 heavy (non-hydrogen) atoms. The summed E-state index contributed by atoms with van der Waals surface area (Å²) >= 11 is 0. The second kappa shape index (κ2) is 54.4. The summed E-state index contributed by atoms with van der Waals surface area (Å²) in [7, 11) is 0. The maximum absolute atomic E-state index is 12.8. The van der Waals surface area contributed by atoms with Gasteiger partial charge in [-0.3, -0.25) is 14.4 Å². The van der Waals surface area contributed by atoms with Crippen LogP contribution in [0.5, 0.6) is 0 Å². The van der Waals surface area contributed by atoms with Gasteiger partial charge in [-0.05, 0) is 122 Å². The van der Waals surface area contributed by atoms with E-state index in [2.05, 4.69) is 142 Å². The molecule has 0 saturated heterocycles. The summed E-state index contributed by atoms with van der Waals surface area (Å²) in [4.78, 5) is 38.1. The standard InChI is InChI=1S/C61H98O6/c1-4-7-10-13-16-19-22-25-28-30-33-36-39-42-45-48-51-54-60(63)66-57-58(56-65-59(62)53-50-47-44-41-38-35-32-27-24-21-18-15-12-9-6-3)67-61(64)55-52-49-46-43-40-37-34-31-29-26-23-20-17-14-11-8-5-2/h7-8,10-11,16-17,19-21,24-26,28-29,33-34,36-37,42,45,58H,4-6,9,12-15,18,22-23,27,30-32,35,38-41,43-44,46-57H2,1-3H3/b10-7-,11-8-,19-16-,20-17-,24-21-,28-25-,29-26-,36-33-,37-34-,45-42-/t58-/m0/s1. The number of hydrogen-bond donors (Lipinski definition) is 0. The van der Waals surface area contributed by atoms with Crippen LogP contribution in [0.4, 0.5) is 0 Å². The van der Waals surface area contributed by atoms with Gasteiger partial charge in [-0.25, -0.2) is 0 Å². The fourth-order valence-corrected chi connectivity index (χ4v) is 6.93. The van der Waals surface area contributed by atoms with Crippen LogP contribution in [0.15, 0.2) is 122 Å². The molecule has 6 heteroatoms. The van der Waals surface area contributed by atoms with Gasteiger partial charge in [0.15, 0.2) is 6.10 Å². The Morgan fingerprint density at radius 3 is 0.985 bits per heavy atom. The van der Waals surface area contributed by atoms with Crippen molar-refractivity contribution in [3.8, 4) is 0 Å². The molecular formula is C61H98O6. The highest BCUT2D eigenvalue weighted by Gasteiger charge is 2.19. The zero-order chi connectivity index (χ0) is 48.6. The minimum Gasteiger partial charge on any atom is -0.462 e. The van der Waals surface area contributed by atoms with Crippen molar-refractivity contribution in [2.45, 2.75) is 232 Å². The minimum absolute atomic E-state index is 0.111. The molecule has 0 rings (SSSR count). The largest absolute Gasteiger partial charge is 0.462 e. The van der Waals surface area contributed by atoms with Crippen molar-refractivity contribution in [2.24, 2.45) is 0 Å². The maximum Gasteiger partial charge on any atom is 0.306 e. The summed E-state index contributed by atoms with van der Waals surface area (Å²) in [6.07, 6.45) is 74.7. The van der Waals surface area contributed by atoms with E-state index in [1.165, 1.54) is 64.2 Å². The van der Waals surface area contributed by atoms with E-state index in [1.807, 2.05) is 0 Å². The van der Waals surface area contributed by atoms with E-state index >= 15 is 0 Å². The first-order valence-electron chi connectivity index (χ1n) is 27.0. The molecule has 0 amide bonds. The highest BCUT2D eigenvalue weighted by Crippen LogP contribution is 2.13. The van der Waals surface area contributed by atoms with Crippen LogP contribution in [0.3, 0.4) is 0 Å². The van der Waals surface area contributed by atoms with Gasteiger partial charge in [-0.2, -0.15) is 0 Å². The monoisotopic (exact) mass is 927 g/mol. The molecule has 1 atom stereocenters. The molecule has 0 bridgehead atoms. The molecule has 0 aromatic rings. The van der Waals surface area contributed by atoms with Crippen molar-refractivity contribution in [1.29, 1.82) is 0 Å². The average Bonchev–Trinajstić information content (AvgIpc) is 3.33. The van der Waals surface area contributed by atoms with Crippen molar-refractivity contribution in [3.63, 3.8) is 0 Å². The van der Waals surface area contributed by atoms with Crippen molar-refractivity contribution >= 4 is 17.9 Å². The molecule has 0 radical (unpaired) electrons. The van der Waals surface area contributed by atoms with Gasteiger partial charge in [-0.15, -0.1) is 0 Å². The van der Waals surface area contributed by atoms with Crippen LogP contribution < -0.4 is 0 Å². The first-order chi connectivity index (χ1) is 33.0. The van der Waals surface area contributed by atoms with E-state index in [4.69, 9.17) is 14.2 Å². The van der Waals surface area contributed by atoms with Gasteiger partial charge in [0.05, 0.1) is 0 Å². The third-order valence-corrected chi connectivity index (χ3v) is 10.9. The van der Waals surface area contributed by atoms with E-state index in [0.29, 0.717) is 12.8 Å². The predicted octanol–water partition coefficient (Wildman–Crippen LogP) is 18.1. The molecule has 0 N–H and O–H groups in total. The second-order valence-corrected chi connectivity index (χ2v) is 17.4. The Labute approximate surface area is 412 Å². The molecule has 0 aromatic heterocycles. The molecule has 0 aliphatic carbocycles. The van der Waals surface area contributed by atoms with Gasteiger partial charge in [0.2, 0.25) is 0 Å². The van der Waals surface area contributed by atoms with Crippen molar-refractivity contribution in [2.75, 3.05) is 13.2 Å². The molecule has 0 saturated carbocycles. The summed E-state index contributed by atoms with van der Waals surface area (Å²) in [6.45, 7) is 6.31. The third kappa shape index (κ3) is 52.6. The lowest BCUT2D eigenvalue weighted by atomic mass is 10.1. The SMILES string of the molecule is CC/C=C\C/C=C\C/C=C\C/C=C\C/C=C\CCCC(=O)OC[C@H](COC(=O)CCCCCCCCC/C=C\CCCCCC)OC(=O)CCCCCC/C=C\C/C=C\C/C=C\C/C=C\CC. The number of carbonyl (C=O) groups excluding carboxylic acids is 3. The Kier molecular flexibility index (Phi) is 51.0. The van der Waals surface area contributed by atoms with Gasteiger partial charge in [-0.1, -0.05) is 206 Å². The van der Waals surface area contributed by atoms with Crippen LogP contribution in [0.1, 0.15) is 226 Å². The number of rotatable bonds is 47. The van der Waals surface area contributed by atoms with E-state index in [-0.39, 0.29) is 44.0 Å². The van der Waals surface area contributed by atoms with Gasteiger partial charge in [0.1, 0.15) is 13.2 Å². The number of hydrogen-bond acceptors (Lipinski definition) is 6. The van der Waals surface area contributed by atoms with Gasteiger partial charge < -0.3 is 14.2 Å². The first-order valence-corrected chi connectivity index (χ1v) is 27.0. The van der Waals surface area contributed by atoms with Crippen LogP contribution in [0.25, 0.3) is 0 Å². The lowest BCUT2D eigenvalue weighted by molar-refractivity contribution is -0.167. The fraction of sp³-hybridized carbons (Fsp3) is 0.623. The molecule has 0 heterocycles. The number of carbonyl (C=O) groups is 3. The van der Waals surface area contributed by atoms with Crippen molar-refractivity contribution in [3.05, 3.63) is 122 Å². The topological polar surface area (TPSA) is 78.9 Å². The van der Waals surface area contributed by atoms with Crippen LogP contribution in [0.2, 0.25) is 0 Å². The smallest absolute Gasteiger partial charge is 0.306 e. The Balaban J connectivity index is 4.55. The molecule has 0 aliphatic heterocycles. The van der Waals surface area contributed by atoms with Crippen molar-refractivity contribution < 1.29 is 28.6 Å². The zero-order valence-electron chi connectivity index (χ0n) is 43.1. The van der Waals surface area contributed by atoms with Crippen molar-refractivity contribution in [1.82, 2.24) is 0 Å². The summed E-state index contributed by atoms with van der Waals surface area (Å²) in [5.41, 5.74) is 0. The predicted molar refractivity (Wildman–Crippen MR) is 288 cm³/mol. The molecule has 0 spiro atoms. The summed E-state index contributed by atoms with van der Waals surface area (Å²) < 4.78 is 16.8. The average molecular weight is 927 g/mol. The van der Waals surface area contributed by atoms with Gasteiger partial charge >= 0.3 is 17.9 Å². The van der Waals surface area contributed by atoms with Gasteiger partial charge in [0.25, 0.3) is 0 Å². The molecule has 0 unspecified atom stereocenters. The number of unbranched alkanes of at least 4 members (excludes halogenated alkanes) is 16. The lowest BCUT2D eigenvalue weighted by Crippen LogP contribution is -2.30. The quantitative estimate of drug-likeness (QED) is 0.0262. The molecule has 0 aliphatic rings. The van der Waals surface area contributed by atoms with Crippen LogP contribution in [-0.2, 0) is 28.6 Å². The van der Waals surface area contributed by atoms with Crippen LogP contribution >= 0.6 is 0 Å². The van der Waals surface area contributed by atoms with E-state index in [9.17, 15) is 14.4 Å². The second-order valence-electron chi connectivity index (χ2n) is 17.4. The normalized spacial score (nSPS) is 13.1. The minimum atomic E-state index is -0.819. The molecular weight excluding hydrogens is 829 g/mol. The van der Waals surface area contributed by atoms with Crippen LogP contribution in [0, 0.1) is 0 Å². The Bertz CT molecular complexity index is 1440. The summed E-state index contributed by atoms with van der Waals surface area (Å²) in [6, 6.07) is 0.